The van der Waals surface area contributed by atoms with Crippen LogP contribution in [0.15, 0.2) is 41.3 Å². The van der Waals surface area contributed by atoms with Crippen molar-refractivity contribution in [2.45, 2.75) is 32.1 Å². The summed E-state index contributed by atoms with van der Waals surface area (Å²) in [7, 11) is 0. The highest BCUT2D eigenvalue weighted by atomic mass is 16.2. The van der Waals surface area contributed by atoms with Gasteiger partial charge in [-0.25, -0.2) is 4.98 Å². The molecule has 0 atom stereocenters. The predicted molar refractivity (Wildman–Crippen MR) is 89.2 cm³/mol. The number of amides is 1. The number of aromatic nitrogens is 2. The average Bonchev–Trinajstić information content (AvgIpc) is 2.61. The first-order valence-corrected chi connectivity index (χ1v) is 8.17. The third-order valence-electron chi connectivity index (χ3n) is 4.37. The molecule has 5 nitrogen and oxygen atoms in total. The molecule has 0 spiro atoms. The van der Waals surface area contributed by atoms with Gasteiger partial charge in [-0.2, -0.15) is 0 Å². The number of aromatic amines is 1. The summed E-state index contributed by atoms with van der Waals surface area (Å²) in [6.07, 6.45) is 7.42. The largest absolute Gasteiger partial charge is 0.352 e. The number of carbonyl (C=O) groups is 1. The van der Waals surface area contributed by atoms with Crippen molar-refractivity contribution in [1.82, 2.24) is 15.3 Å². The summed E-state index contributed by atoms with van der Waals surface area (Å²) < 4.78 is 0. The number of rotatable bonds is 4. The first-order valence-electron chi connectivity index (χ1n) is 8.17. The number of hydrogen-bond donors (Lipinski definition) is 2. The fourth-order valence-electron chi connectivity index (χ4n) is 3.02. The summed E-state index contributed by atoms with van der Waals surface area (Å²) in [6, 6.07) is 9.37. The van der Waals surface area contributed by atoms with Gasteiger partial charge in [0.1, 0.15) is 11.4 Å². The van der Waals surface area contributed by atoms with Gasteiger partial charge in [-0.3, -0.25) is 9.59 Å². The van der Waals surface area contributed by atoms with E-state index in [1.165, 1.54) is 25.5 Å². The summed E-state index contributed by atoms with van der Waals surface area (Å²) in [5.74, 6) is 0.659. The lowest BCUT2D eigenvalue weighted by atomic mass is 9.89. The van der Waals surface area contributed by atoms with E-state index in [1.54, 1.807) is 0 Å². The van der Waals surface area contributed by atoms with Gasteiger partial charge in [0.25, 0.3) is 11.5 Å². The molecule has 1 aliphatic carbocycles. The summed E-state index contributed by atoms with van der Waals surface area (Å²) in [6.45, 7) is 0.638. The Hall–Kier alpha value is -2.43. The summed E-state index contributed by atoms with van der Waals surface area (Å²) in [4.78, 5) is 31.2. The van der Waals surface area contributed by atoms with E-state index in [0.29, 0.717) is 18.3 Å². The smallest absolute Gasteiger partial charge is 0.264 e. The Labute approximate surface area is 135 Å². The van der Waals surface area contributed by atoms with Crippen LogP contribution in [0.3, 0.4) is 0 Å². The van der Waals surface area contributed by atoms with E-state index in [-0.39, 0.29) is 11.5 Å². The van der Waals surface area contributed by atoms with E-state index in [2.05, 4.69) is 15.3 Å². The Bertz CT molecular complexity index is 719. The van der Waals surface area contributed by atoms with Crippen molar-refractivity contribution in [3.63, 3.8) is 0 Å². The van der Waals surface area contributed by atoms with E-state index < -0.39 is 5.56 Å². The standard InChI is InChI=1S/C18H21N3O2/c22-17(20-11-13-7-3-1-4-8-13)15-12-19-16(21-18(15)23)14-9-5-2-6-10-14/h2,5-6,9-10,12-13H,1,3-4,7-8,11H2,(H,20,22)(H,19,21,23). The monoisotopic (exact) mass is 311 g/mol. The Kier molecular flexibility index (Phi) is 4.86. The molecule has 0 aliphatic heterocycles. The van der Waals surface area contributed by atoms with E-state index in [4.69, 9.17) is 0 Å². The molecule has 1 aromatic carbocycles. The maximum absolute atomic E-state index is 12.2. The fraction of sp³-hybridized carbons (Fsp3) is 0.389. The van der Waals surface area contributed by atoms with Crippen LogP contribution in [0.1, 0.15) is 42.5 Å². The van der Waals surface area contributed by atoms with E-state index in [0.717, 1.165) is 18.4 Å². The molecule has 1 heterocycles. The third kappa shape index (κ3) is 3.86. The van der Waals surface area contributed by atoms with Gasteiger partial charge in [-0.05, 0) is 18.8 Å². The zero-order chi connectivity index (χ0) is 16.1. The van der Waals surface area contributed by atoms with Gasteiger partial charge in [0, 0.05) is 18.3 Å². The number of nitrogens with zero attached hydrogens (tertiary/aromatic N) is 1. The molecule has 120 valence electrons. The SMILES string of the molecule is O=C(NCC1CCCCC1)c1cnc(-c2ccccc2)[nH]c1=O. The Morgan fingerprint density at radius 2 is 1.91 bits per heavy atom. The molecule has 1 saturated carbocycles. The molecular formula is C18H21N3O2. The number of hydrogen-bond acceptors (Lipinski definition) is 3. The van der Waals surface area contributed by atoms with E-state index in [1.807, 2.05) is 30.3 Å². The Morgan fingerprint density at radius 1 is 1.17 bits per heavy atom. The van der Waals surface area contributed by atoms with Gasteiger partial charge in [0.05, 0.1) is 0 Å². The van der Waals surface area contributed by atoms with Gasteiger partial charge in [-0.15, -0.1) is 0 Å². The molecule has 0 unspecified atom stereocenters. The van der Waals surface area contributed by atoms with Crippen molar-refractivity contribution in [3.8, 4) is 11.4 Å². The minimum atomic E-state index is -0.403. The van der Waals surface area contributed by atoms with Crippen molar-refractivity contribution in [2.24, 2.45) is 5.92 Å². The number of carbonyl (C=O) groups excluding carboxylic acids is 1. The fourth-order valence-corrected chi connectivity index (χ4v) is 3.02. The van der Waals surface area contributed by atoms with Crippen molar-refractivity contribution in [3.05, 3.63) is 52.4 Å². The number of nitrogens with one attached hydrogen (secondary N) is 2. The van der Waals surface area contributed by atoms with Gasteiger partial charge in [0.15, 0.2) is 0 Å². The molecule has 2 aromatic rings. The molecule has 3 rings (SSSR count). The molecule has 2 N–H and O–H groups in total. The highest BCUT2D eigenvalue weighted by Gasteiger charge is 2.17. The van der Waals surface area contributed by atoms with Crippen LogP contribution in [-0.4, -0.2) is 22.4 Å². The Morgan fingerprint density at radius 3 is 2.61 bits per heavy atom. The molecule has 1 fully saturated rings. The lowest BCUT2D eigenvalue weighted by Gasteiger charge is -2.21. The average molecular weight is 311 g/mol. The minimum Gasteiger partial charge on any atom is -0.352 e. The molecule has 23 heavy (non-hydrogen) atoms. The van der Waals surface area contributed by atoms with Crippen LogP contribution in [-0.2, 0) is 0 Å². The summed E-state index contributed by atoms with van der Waals surface area (Å²) >= 11 is 0. The van der Waals surface area contributed by atoms with Crippen LogP contribution in [0.4, 0.5) is 0 Å². The molecular weight excluding hydrogens is 290 g/mol. The van der Waals surface area contributed by atoms with Crippen molar-refractivity contribution in [2.75, 3.05) is 6.54 Å². The van der Waals surface area contributed by atoms with Crippen LogP contribution in [0.5, 0.6) is 0 Å². The maximum atomic E-state index is 12.2. The second-order valence-electron chi connectivity index (χ2n) is 6.05. The van der Waals surface area contributed by atoms with E-state index >= 15 is 0 Å². The maximum Gasteiger partial charge on any atom is 0.264 e. The van der Waals surface area contributed by atoms with Crippen molar-refractivity contribution >= 4 is 5.91 Å². The lowest BCUT2D eigenvalue weighted by molar-refractivity contribution is 0.0941. The van der Waals surface area contributed by atoms with Gasteiger partial charge in [-0.1, -0.05) is 49.6 Å². The van der Waals surface area contributed by atoms with Crippen LogP contribution >= 0.6 is 0 Å². The van der Waals surface area contributed by atoms with Crippen molar-refractivity contribution in [1.29, 1.82) is 0 Å². The normalized spacial score (nSPS) is 15.3. The second-order valence-corrected chi connectivity index (χ2v) is 6.05. The highest BCUT2D eigenvalue weighted by molar-refractivity contribution is 5.93. The van der Waals surface area contributed by atoms with Gasteiger partial charge >= 0.3 is 0 Å². The van der Waals surface area contributed by atoms with Crippen LogP contribution in [0.2, 0.25) is 0 Å². The van der Waals surface area contributed by atoms with Crippen LogP contribution in [0.25, 0.3) is 11.4 Å². The second kappa shape index (κ2) is 7.22. The predicted octanol–water partition coefficient (Wildman–Crippen LogP) is 2.75. The molecule has 1 amide bonds. The Balaban J connectivity index is 1.68. The lowest BCUT2D eigenvalue weighted by Crippen LogP contribution is -2.34. The zero-order valence-electron chi connectivity index (χ0n) is 13.0. The molecule has 1 aliphatic rings. The number of H-pyrrole nitrogens is 1. The first kappa shape index (κ1) is 15.5. The highest BCUT2D eigenvalue weighted by Crippen LogP contribution is 2.22. The topological polar surface area (TPSA) is 74.8 Å². The van der Waals surface area contributed by atoms with Crippen LogP contribution < -0.4 is 10.9 Å². The molecule has 1 aromatic heterocycles. The minimum absolute atomic E-state index is 0.0699. The third-order valence-corrected chi connectivity index (χ3v) is 4.37. The van der Waals surface area contributed by atoms with Crippen LogP contribution in [0, 0.1) is 5.92 Å². The summed E-state index contributed by atoms with van der Waals surface area (Å²) in [5, 5.41) is 2.87. The molecule has 0 bridgehead atoms. The quantitative estimate of drug-likeness (QED) is 0.911. The number of benzene rings is 1. The molecule has 0 saturated heterocycles. The van der Waals surface area contributed by atoms with Gasteiger partial charge < -0.3 is 10.3 Å². The van der Waals surface area contributed by atoms with E-state index in [9.17, 15) is 9.59 Å². The van der Waals surface area contributed by atoms with Gasteiger partial charge in [0.2, 0.25) is 0 Å². The first-order chi connectivity index (χ1) is 11.2. The van der Waals surface area contributed by atoms with Crippen molar-refractivity contribution < 1.29 is 4.79 Å². The summed E-state index contributed by atoms with van der Waals surface area (Å²) in [5.41, 5.74) is 0.485. The zero-order valence-corrected chi connectivity index (χ0v) is 13.0. The molecule has 0 radical (unpaired) electrons. The molecule has 5 heteroatoms.